The second-order valence-electron chi connectivity index (χ2n) is 3.36. The lowest BCUT2D eigenvalue weighted by molar-refractivity contribution is 0.279. The molecule has 84 valence electrons. The van der Waals surface area contributed by atoms with Crippen molar-refractivity contribution in [1.82, 2.24) is 0 Å². The van der Waals surface area contributed by atoms with Gasteiger partial charge in [-0.3, -0.25) is 0 Å². The van der Waals surface area contributed by atoms with Crippen molar-refractivity contribution in [3.8, 4) is 5.75 Å². The Bertz CT molecular complexity index is 317. The number of aliphatic hydroxyl groups is 1. The standard InChI is InChI=1S/C11H16ClNO2/c1-15-11-5-4-8(12)7-9(11)10(13)3-2-6-14/h4-5,7,10,14H,2-3,6,13H2,1H3. The van der Waals surface area contributed by atoms with Gasteiger partial charge >= 0.3 is 0 Å². The van der Waals surface area contributed by atoms with Crippen LogP contribution in [0.15, 0.2) is 18.2 Å². The van der Waals surface area contributed by atoms with E-state index in [2.05, 4.69) is 0 Å². The van der Waals surface area contributed by atoms with Gasteiger partial charge in [0.2, 0.25) is 0 Å². The minimum absolute atomic E-state index is 0.147. The molecule has 0 fully saturated rings. The van der Waals surface area contributed by atoms with Gasteiger partial charge in [-0.05, 0) is 31.0 Å². The average molecular weight is 230 g/mol. The molecule has 0 aliphatic heterocycles. The maximum atomic E-state index is 8.73. The number of benzene rings is 1. The number of halogens is 1. The fraction of sp³-hybridized carbons (Fsp3) is 0.455. The lowest BCUT2D eigenvalue weighted by Gasteiger charge is -2.15. The molecule has 0 radical (unpaired) electrons. The van der Waals surface area contributed by atoms with Crippen LogP contribution in [0.4, 0.5) is 0 Å². The largest absolute Gasteiger partial charge is 0.496 e. The van der Waals surface area contributed by atoms with Crippen LogP contribution in [0.3, 0.4) is 0 Å². The zero-order valence-electron chi connectivity index (χ0n) is 8.74. The molecule has 1 unspecified atom stereocenters. The van der Waals surface area contributed by atoms with E-state index in [1.165, 1.54) is 0 Å². The molecule has 4 heteroatoms. The molecule has 15 heavy (non-hydrogen) atoms. The number of hydrogen-bond acceptors (Lipinski definition) is 3. The van der Waals surface area contributed by atoms with Crippen molar-refractivity contribution >= 4 is 11.6 Å². The van der Waals surface area contributed by atoms with E-state index in [4.69, 9.17) is 27.2 Å². The molecule has 0 aliphatic carbocycles. The SMILES string of the molecule is COc1ccc(Cl)cc1C(N)CCCO. The van der Waals surface area contributed by atoms with Crippen LogP contribution in [0, 0.1) is 0 Å². The van der Waals surface area contributed by atoms with Crippen LogP contribution >= 0.6 is 11.6 Å². The molecule has 0 bridgehead atoms. The fourth-order valence-corrected chi connectivity index (χ4v) is 1.64. The molecular formula is C11H16ClNO2. The van der Waals surface area contributed by atoms with Crippen molar-refractivity contribution in [3.63, 3.8) is 0 Å². The van der Waals surface area contributed by atoms with Crippen molar-refractivity contribution in [2.45, 2.75) is 18.9 Å². The summed E-state index contributed by atoms with van der Waals surface area (Å²) >= 11 is 5.89. The molecule has 0 saturated carbocycles. The maximum Gasteiger partial charge on any atom is 0.123 e. The van der Waals surface area contributed by atoms with Crippen LogP contribution in [-0.4, -0.2) is 18.8 Å². The summed E-state index contributed by atoms with van der Waals surface area (Å²) in [6, 6.07) is 5.23. The molecule has 0 amide bonds. The molecule has 0 aliphatic rings. The van der Waals surface area contributed by atoms with Crippen molar-refractivity contribution in [3.05, 3.63) is 28.8 Å². The summed E-state index contributed by atoms with van der Waals surface area (Å²) in [6.07, 6.45) is 1.39. The van der Waals surface area contributed by atoms with Crippen LogP contribution < -0.4 is 10.5 Å². The van der Waals surface area contributed by atoms with Gasteiger partial charge in [0.25, 0.3) is 0 Å². The number of hydrogen-bond donors (Lipinski definition) is 2. The zero-order valence-corrected chi connectivity index (χ0v) is 9.50. The second kappa shape index (κ2) is 5.95. The molecule has 1 aromatic carbocycles. The Morgan fingerprint density at radius 1 is 1.53 bits per heavy atom. The Labute approximate surface area is 94.8 Å². The Balaban J connectivity index is 2.85. The Morgan fingerprint density at radius 2 is 2.27 bits per heavy atom. The Morgan fingerprint density at radius 3 is 2.87 bits per heavy atom. The van der Waals surface area contributed by atoms with E-state index >= 15 is 0 Å². The highest BCUT2D eigenvalue weighted by Gasteiger charge is 2.11. The van der Waals surface area contributed by atoms with E-state index in [1.54, 1.807) is 19.2 Å². The predicted octanol–water partition coefficient (Wildman–Crippen LogP) is 2.12. The number of nitrogens with two attached hydrogens (primary N) is 1. The van der Waals surface area contributed by atoms with Gasteiger partial charge in [0.15, 0.2) is 0 Å². The topological polar surface area (TPSA) is 55.5 Å². The number of ether oxygens (including phenoxy) is 1. The highest BCUT2D eigenvalue weighted by Crippen LogP contribution is 2.29. The highest BCUT2D eigenvalue weighted by molar-refractivity contribution is 6.30. The second-order valence-corrected chi connectivity index (χ2v) is 3.80. The van der Waals surface area contributed by atoms with Gasteiger partial charge in [0.1, 0.15) is 5.75 Å². The third-order valence-corrected chi connectivity index (χ3v) is 2.50. The van der Waals surface area contributed by atoms with E-state index in [-0.39, 0.29) is 12.6 Å². The van der Waals surface area contributed by atoms with Crippen molar-refractivity contribution < 1.29 is 9.84 Å². The van der Waals surface area contributed by atoms with Crippen LogP contribution in [0.5, 0.6) is 5.75 Å². The minimum atomic E-state index is -0.147. The Kier molecular flexibility index (Phi) is 4.88. The quantitative estimate of drug-likeness (QED) is 0.813. The van der Waals surface area contributed by atoms with E-state index in [0.717, 1.165) is 11.3 Å². The third kappa shape index (κ3) is 3.38. The summed E-state index contributed by atoms with van der Waals surface area (Å²) in [6.45, 7) is 0.149. The first-order chi connectivity index (χ1) is 7.19. The van der Waals surface area contributed by atoms with Gasteiger partial charge in [-0.1, -0.05) is 11.6 Å². The van der Waals surface area contributed by atoms with Gasteiger partial charge in [-0.2, -0.15) is 0 Å². The van der Waals surface area contributed by atoms with E-state index in [9.17, 15) is 0 Å². The Hall–Kier alpha value is -0.770. The zero-order chi connectivity index (χ0) is 11.3. The molecule has 3 N–H and O–H groups in total. The fourth-order valence-electron chi connectivity index (χ4n) is 1.46. The summed E-state index contributed by atoms with van der Waals surface area (Å²) in [7, 11) is 1.60. The first-order valence-electron chi connectivity index (χ1n) is 4.89. The van der Waals surface area contributed by atoms with Gasteiger partial charge in [-0.25, -0.2) is 0 Å². The van der Waals surface area contributed by atoms with Crippen molar-refractivity contribution in [2.24, 2.45) is 5.73 Å². The molecule has 1 rings (SSSR count). The van der Waals surface area contributed by atoms with Crippen LogP contribution in [0.2, 0.25) is 5.02 Å². The molecule has 3 nitrogen and oxygen atoms in total. The lowest BCUT2D eigenvalue weighted by atomic mass is 10.0. The van der Waals surface area contributed by atoms with Crippen LogP contribution in [-0.2, 0) is 0 Å². The lowest BCUT2D eigenvalue weighted by Crippen LogP contribution is -2.12. The molecular weight excluding hydrogens is 214 g/mol. The first kappa shape index (κ1) is 12.3. The normalized spacial score (nSPS) is 12.5. The van der Waals surface area contributed by atoms with Gasteiger partial charge < -0.3 is 15.6 Å². The summed E-state index contributed by atoms with van der Waals surface area (Å²) < 4.78 is 5.20. The third-order valence-electron chi connectivity index (χ3n) is 2.26. The smallest absolute Gasteiger partial charge is 0.123 e. The summed E-state index contributed by atoms with van der Waals surface area (Å²) in [5, 5.41) is 9.37. The summed E-state index contributed by atoms with van der Waals surface area (Å²) in [5.41, 5.74) is 6.86. The van der Waals surface area contributed by atoms with Gasteiger partial charge in [0.05, 0.1) is 7.11 Å². The van der Waals surface area contributed by atoms with E-state index in [1.807, 2.05) is 6.07 Å². The van der Waals surface area contributed by atoms with Crippen molar-refractivity contribution in [2.75, 3.05) is 13.7 Å². The van der Waals surface area contributed by atoms with E-state index in [0.29, 0.717) is 17.9 Å². The summed E-state index contributed by atoms with van der Waals surface area (Å²) in [4.78, 5) is 0. The summed E-state index contributed by atoms with van der Waals surface area (Å²) in [5.74, 6) is 0.741. The van der Waals surface area contributed by atoms with Crippen LogP contribution in [0.1, 0.15) is 24.4 Å². The number of rotatable bonds is 5. The maximum absolute atomic E-state index is 8.73. The van der Waals surface area contributed by atoms with Crippen molar-refractivity contribution in [1.29, 1.82) is 0 Å². The van der Waals surface area contributed by atoms with Crippen LogP contribution in [0.25, 0.3) is 0 Å². The predicted molar refractivity (Wildman–Crippen MR) is 61.3 cm³/mol. The molecule has 0 saturated heterocycles. The van der Waals surface area contributed by atoms with Gasteiger partial charge in [-0.15, -0.1) is 0 Å². The first-order valence-corrected chi connectivity index (χ1v) is 5.26. The molecule has 1 aromatic rings. The molecule has 0 aromatic heterocycles. The molecule has 0 spiro atoms. The number of methoxy groups -OCH3 is 1. The highest BCUT2D eigenvalue weighted by atomic mass is 35.5. The van der Waals surface area contributed by atoms with Gasteiger partial charge in [0, 0.05) is 23.2 Å². The monoisotopic (exact) mass is 229 g/mol. The molecule has 0 heterocycles. The molecule has 1 atom stereocenters. The average Bonchev–Trinajstić information content (AvgIpc) is 2.25. The number of aliphatic hydroxyl groups excluding tert-OH is 1. The van der Waals surface area contributed by atoms with E-state index < -0.39 is 0 Å². The minimum Gasteiger partial charge on any atom is -0.496 e.